The SMILES string of the molecule is C/C(=N\OC(=O)N(CCN(C)C)CC1CC(C)(C)CN1)[C@H]1CC[C@H]2[C@@H]3CCC4=CC(=O)CC[C@]4(C)[C@H]3CC[C@]12C. The van der Waals surface area contributed by atoms with Gasteiger partial charge in [-0.1, -0.05) is 38.4 Å². The third kappa shape index (κ3) is 5.66. The Balaban J connectivity index is 1.25. The number of hydrogen-bond acceptors (Lipinski definition) is 6. The molecule has 0 aromatic rings. The largest absolute Gasteiger partial charge is 0.436 e. The normalized spacial score (nSPS) is 38.9. The van der Waals surface area contributed by atoms with Crippen LogP contribution in [0.2, 0.25) is 0 Å². The van der Waals surface area contributed by atoms with E-state index in [-0.39, 0.29) is 28.4 Å². The summed E-state index contributed by atoms with van der Waals surface area (Å²) < 4.78 is 0. The first kappa shape index (κ1) is 29.8. The third-order valence-corrected chi connectivity index (χ3v) is 11.9. The fourth-order valence-electron chi connectivity index (χ4n) is 9.68. The number of hydrogen-bond donors (Lipinski definition) is 1. The summed E-state index contributed by atoms with van der Waals surface area (Å²) in [5, 5.41) is 8.12. The Bertz CT molecular complexity index is 1050. The van der Waals surface area contributed by atoms with E-state index in [1.807, 2.05) is 25.1 Å². The summed E-state index contributed by atoms with van der Waals surface area (Å²) >= 11 is 0. The van der Waals surface area contributed by atoms with Crippen LogP contribution >= 0.6 is 0 Å². The number of rotatable bonds is 7. The number of oxime groups is 1. The van der Waals surface area contributed by atoms with E-state index in [9.17, 15) is 9.59 Å². The molecule has 1 aliphatic heterocycles. The van der Waals surface area contributed by atoms with Crippen molar-refractivity contribution >= 4 is 17.6 Å². The van der Waals surface area contributed by atoms with E-state index in [0.717, 1.165) is 50.4 Å². The standard InChI is InChI=1S/C33H54N4O3/c1-22(35-40-30(39)37(17-16-36(6)7)20-24-19-31(2,3)21-34-24)27-10-11-28-26-9-8-23-18-25(38)12-14-32(23,4)29(26)13-15-33(27,28)5/h18,24,26-29,34H,8-17,19-21H2,1-7H3/b35-22+/t24?,26-,27+,28-,29-,32-,33+/m0/s1. The van der Waals surface area contributed by atoms with E-state index >= 15 is 0 Å². The lowest BCUT2D eigenvalue weighted by Crippen LogP contribution is -2.51. The maximum Gasteiger partial charge on any atom is 0.436 e. The highest BCUT2D eigenvalue weighted by molar-refractivity contribution is 5.91. The van der Waals surface area contributed by atoms with E-state index < -0.39 is 0 Å². The van der Waals surface area contributed by atoms with Crippen molar-refractivity contribution in [1.29, 1.82) is 0 Å². The van der Waals surface area contributed by atoms with Crippen molar-refractivity contribution < 1.29 is 14.4 Å². The fraction of sp³-hybridized carbons (Fsp3) is 0.848. The summed E-state index contributed by atoms with van der Waals surface area (Å²) in [4.78, 5) is 35.1. The molecule has 40 heavy (non-hydrogen) atoms. The Kier molecular flexibility index (Phi) is 8.30. The highest BCUT2D eigenvalue weighted by Crippen LogP contribution is 2.66. The van der Waals surface area contributed by atoms with Crippen molar-refractivity contribution in [2.45, 2.75) is 98.4 Å². The molecule has 3 saturated carbocycles. The molecule has 224 valence electrons. The van der Waals surface area contributed by atoms with Gasteiger partial charge in [0.25, 0.3) is 0 Å². The number of carbonyl (C=O) groups excluding carboxylic acids is 2. The average Bonchev–Trinajstić information content (AvgIpc) is 3.43. The van der Waals surface area contributed by atoms with Crippen LogP contribution in [0.5, 0.6) is 0 Å². The van der Waals surface area contributed by atoms with E-state index in [1.54, 1.807) is 0 Å². The van der Waals surface area contributed by atoms with Crippen LogP contribution in [0.25, 0.3) is 0 Å². The van der Waals surface area contributed by atoms with Gasteiger partial charge < -0.3 is 15.1 Å². The molecular weight excluding hydrogens is 500 g/mol. The lowest BCUT2D eigenvalue weighted by molar-refractivity contribution is -0.117. The van der Waals surface area contributed by atoms with Crippen LogP contribution < -0.4 is 5.32 Å². The van der Waals surface area contributed by atoms with Gasteiger partial charge in [0.2, 0.25) is 0 Å². The quantitative estimate of drug-likeness (QED) is 0.241. The zero-order chi connectivity index (χ0) is 28.9. The van der Waals surface area contributed by atoms with Gasteiger partial charge in [0.15, 0.2) is 5.78 Å². The zero-order valence-corrected chi connectivity index (χ0v) is 26.2. The number of fused-ring (bicyclic) bond motifs is 5. The number of amides is 1. The maximum absolute atomic E-state index is 13.3. The molecule has 4 aliphatic carbocycles. The van der Waals surface area contributed by atoms with E-state index in [2.05, 4.69) is 50.0 Å². The summed E-state index contributed by atoms with van der Waals surface area (Å²) in [7, 11) is 4.07. The minimum atomic E-state index is -0.331. The van der Waals surface area contributed by atoms with Crippen molar-refractivity contribution in [2.24, 2.45) is 45.1 Å². The number of carbonyl (C=O) groups is 2. The monoisotopic (exact) mass is 554 g/mol. The summed E-state index contributed by atoms with van der Waals surface area (Å²) in [6.45, 7) is 14.6. The lowest BCUT2D eigenvalue weighted by atomic mass is 9.46. The second-order valence-corrected chi connectivity index (χ2v) is 15.4. The van der Waals surface area contributed by atoms with Crippen LogP contribution in [-0.2, 0) is 9.63 Å². The van der Waals surface area contributed by atoms with Crippen LogP contribution in [0.1, 0.15) is 92.4 Å². The first-order valence-corrected chi connectivity index (χ1v) is 15.9. The molecule has 1 saturated heterocycles. The second-order valence-electron chi connectivity index (χ2n) is 15.4. The molecule has 7 nitrogen and oxygen atoms in total. The molecule has 1 amide bonds. The van der Waals surface area contributed by atoms with Crippen LogP contribution in [-0.4, -0.2) is 73.7 Å². The van der Waals surface area contributed by atoms with E-state index in [0.29, 0.717) is 43.0 Å². The van der Waals surface area contributed by atoms with Gasteiger partial charge in [-0.15, -0.1) is 0 Å². The topological polar surface area (TPSA) is 74.2 Å². The Morgan fingerprint density at radius 3 is 2.52 bits per heavy atom. The molecule has 0 aromatic heterocycles. The summed E-state index contributed by atoms with van der Waals surface area (Å²) in [6.07, 6.45) is 11.5. The average molecular weight is 555 g/mol. The molecule has 0 radical (unpaired) electrons. The highest BCUT2D eigenvalue weighted by Gasteiger charge is 2.59. The lowest BCUT2D eigenvalue weighted by Gasteiger charge is -2.58. The van der Waals surface area contributed by atoms with Crippen LogP contribution in [0.4, 0.5) is 4.79 Å². The Morgan fingerprint density at radius 1 is 1.05 bits per heavy atom. The predicted octanol–water partition coefficient (Wildman–Crippen LogP) is 5.90. The number of likely N-dealkylation sites (N-methyl/N-ethyl adjacent to an activating group) is 1. The Morgan fingerprint density at radius 2 is 1.82 bits per heavy atom. The fourth-order valence-corrected chi connectivity index (χ4v) is 9.68. The molecule has 5 rings (SSSR count). The van der Waals surface area contributed by atoms with E-state index in [4.69, 9.17) is 4.84 Å². The summed E-state index contributed by atoms with van der Waals surface area (Å²) in [6, 6.07) is 0.287. The molecule has 7 heteroatoms. The molecule has 0 aromatic carbocycles. The van der Waals surface area contributed by atoms with Gasteiger partial charge in [-0.2, -0.15) is 0 Å². The summed E-state index contributed by atoms with van der Waals surface area (Å²) in [5.41, 5.74) is 3.08. The van der Waals surface area contributed by atoms with Gasteiger partial charge in [-0.3, -0.25) is 9.63 Å². The van der Waals surface area contributed by atoms with Crippen molar-refractivity contribution in [3.63, 3.8) is 0 Å². The summed E-state index contributed by atoms with van der Waals surface area (Å²) in [5.74, 6) is 2.78. The first-order chi connectivity index (χ1) is 18.8. The van der Waals surface area contributed by atoms with Gasteiger partial charge in [-0.05, 0) is 112 Å². The van der Waals surface area contributed by atoms with Gasteiger partial charge >= 0.3 is 6.09 Å². The van der Waals surface area contributed by atoms with Gasteiger partial charge in [0.05, 0.1) is 5.71 Å². The van der Waals surface area contributed by atoms with Crippen LogP contribution in [0, 0.1) is 39.9 Å². The Labute approximate surface area is 242 Å². The maximum atomic E-state index is 13.3. The molecule has 1 N–H and O–H groups in total. The van der Waals surface area contributed by atoms with Gasteiger partial charge in [0, 0.05) is 44.6 Å². The Hall–Kier alpha value is -1.73. The molecule has 4 fully saturated rings. The molecule has 7 atom stereocenters. The molecule has 5 aliphatic rings. The molecule has 1 unspecified atom stereocenters. The first-order valence-electron chi connectivity index (χ1n) is 15.9. The van der Waals surface area contributed by atoms with Crippen molar-refractivity contribution in [3.05, 3.63) is 11.6 Å². The van der Waals surface area contributed by atoms with E-state index in [1.165, 1.54) is 31.3 Å². The molecule has 0 spiro atoms. The number of nitrogens with one attached hydrogen (secondary N) is 1. The number of nitrogens with zero attached hydrogens (tertiary/aromatic N) is 3. The van der Waals surface area contributed by atoms with Crippen molar-refractivity contribution in [1.82, 2.24) is 15.1 Å². The van der Waals surface area contributed by atoms with Crippen molar-refractivity contribution in [3.8, 4) is 0 Å². The van der Waals surface area contributed by atoms with Crippen molar-refractivity contribution in [2.75, 3.05) is 40.3 Å². The molecule has 0 bridgehead atoms. The minimum Gasteiger partial charge on any atom is -0.312 e. The molecule has 1 heterocycles. The number of allylic oxidation sites excluding steroid dienone is 1. The van der Waals surface area contributed by atoms with Gasteiger partial charge in [0.1, 0.15) is 0 Å². The van der Waals surface area contributed by atoms with Gasteiger partial charge in [-0.25, -0.2) is 4.79 Å². The minimum absolute atomic E-state index is 0.202. The molecular formula is C33H54N4O3. The smallest absolute Gasteiger partial charge is 0.312 e. The zero-order valence-electron chi connectivity index (χ0n) is 26.2. The second kappa shape index (κ2) is 11.2. The van der Waals surface area contributed by atoms with Crippen LogP contribution in [0.3, 0.4) is 0 Å². The van der Waals surface area contributed by atoms with Crippen LogP contribution in [0.15, 0.2) is 16.8 Å². The highest BCUT2D eigenvalue weighted by atomic mass is 16.7. The predicted molar refractivity (Wildman–Crippen MR) is 160 cm³/mol. The third-order valence-electron chi connectivity index (χ3n) is 11.9. The number of ketones is 1.